The molecule has 2 aromatic rings. The van der Waals surface area contributed by atoms with E-state index in [4.69, 9.17) is 37.1 Å². The lowest BCUT2D eigenvalue weighted by atomic mass is 9.85. The Hall–Kier alpha value is -2.51. The first kappa shape index (κ1) is 20.2. The number of ether oxygens (including phenoxy) is 2. The number of nitrogens with zero attached hydrogens (tertiary/aromatic N) is 2. The third kappa shape index (κ3) is 4.00. The second kappa shape index (κ2) is 8.24. The van der Waals surface area contributed by atoms with Gasteiger partial charge in [-0.05, 0) is 39.3 Å². The molecule has 9 heteroatoms. The van der Waals surface area contributed by atoms with Crippen LogP contribution in [0.25, 0.3) is 5.57 Å². The number of aromatic nitrogens is 2. The van der Waals surface area contributed by atoms with Gasteiger partial charge in [-0.15, -0.1) is 10.2 Å². The second-order valence-corrected chi connectivity index (χ2v) is 7.28. The van der Waals surface area contributed by atoms with E-state index < -0.39 is 12.1 Å². The van der Waals surface area contributed by atoms with Crippen molar-refractivity contribution >= 4 is 34.9 Å². The first-order valence-corrected chi connectivity index (χ1v) is 9.32. The summed E-state index contributed by atoms with van der Waals surface area (Å²) < 4.78 is 16.2. The molecule has 1 N–H and O–H groups in total. The van der Waals surface area contributed by atoms with Crippen LogP contribution in [0.3, 0.4) is 0 Å². The molecule has 0 saturated carbocycles. The molecule has 7 nitrogen and oxygen atoms in total. The smallest absolute Gasteiger partial charge is 0.431 e. The molecule has 0 saturated heterocycles. The van der Waals surface area contributed by atoms with E-state index >= 15 is 0 Å². The first-order chi connectivity index (χ1) is 13.3. The van der Waals surface area contributed by atoms with Crippen LogP contribution >= 0.6 is 23.2 Å². The van der Waals surface area contributed by atoms with Crippen LogP contribution in [-0.4, -0.2) is 22.5 Å². The Kier molecular flexibility index (Phi) is 5.96. The topological polar surface area (TPSA) is 86.5 Å². The molecule has 1 atom stereocenters. The Bertz CT molecular complexity index is 952. The van der Waals surface area contributed by atoms with Gasteiger partial charge in [-0.25, -0.2) is 4.79 Å². The summed E-state index contributed by atoms with van der Waals surface area (Å²) in [5, 5.41) is 11.7. The van der Waals surface area contributed by atoms with Gasteiger partial charge in [0.2, 0.25) is 12.3 Å². The second-order valence-electron chi connectivity index (χ2n) is 6.49. The Labute approximate surface area is 172 Å². The van der Waals surface area contributed by atoms with Gasteiger partial charge in [0.1, 0.15) is 5.76 Å². The minimum atomic E-state index is -0.821. The number of carbonyl (C=O) groups excluding carboxylic acids is 1. The van der Waals surface area contributed by atoms with Gasteiger partial charge in [0.05, 0.1) is 33.3 Å². The summed E-state index contributed by atoms with van der Waals surface area (Å²) in [7, 11) is 0. The zero-order valence-electron chi connectivity index (χ0n) is 15.7. The number of allylic oxidation sites excluding steroid dienone is 3. The molecule has 0 radical (unpaired) electrons. The molecule has 0 amide bonds. The Morgan fingerprint density at radius 3 is 2.64 bits per heavy atom. The maximum absolute atomic E-state index is 12.2. The van der Waals surface area contributed by atoms with Gasteiger partial charge in [-0.2, -0.15) is 0 Å². The van der Waals surface area contributed by atoms with Crippen LogP contribution in [0.4, 0.5) is 4.79 Å². The Morgan fingerprint density at radius 1 is 1.25 bits per heavy atom. The highest BCUT2D eigenvalue weighted by Gasteiger charge is 2.37. The molecule has 0 spiro atoms. The highest BCUT2D eigenvalue weighted by Crippen LogP contribution is 2.46. The molecule has 3 rings (SSSR count). The van der Waals surface area contributed by atoms with Gasteiger partial charge in [0.25, 0.3) is 0 Å². The summed E-state index contributed by atoms with van der Waals surface area (Å²) >= 11 is 12.7. The van der Waals surface area contributed by atoms with Gasteiger partial charge in [-0.1, -0.05) is 35.3 Å². The normalized spacial score (nSPS) is 17.0. The van der Waals surface area contributed by atoms with Crippen LogP contribution < -0.4 is 5.32 Å². The number of benzene rings is 1. The predicted molar refractivity (Wildman–Crippen MR) is 105 cm³/mol. The van der Waals surface area contributed by atoms with Crippen LogP contribution in [0.1, 0.15) is 45.1 Å². The third-order valence-corrected chi connectivity index (χ3v) is 4.94. The van der Waals surface area contributed by atoms with E-state index in [2.05, 4.69) is 15.5 Å². The summed E-state index contributed by atoms with van der Waals surface area (Å²) in [5.74, 6) is -0.0156. The number of carbonyl (C=O) groups is 1. The van der Waals surface area contributed by atoms with Crippen molar-refractivity contribution in [1.82, 2.24) is 15.5 Å². The Balaban J connectivity index is 2.15. The van der Waals surface area contributed by atoms with E-state index in [1.54, 1.807) is 39.0 Å². The summed E-state index contributed by atoms with van der Waals surface area (Å²) in [5.41, 5.74) is 2.64. The average Bonchev–Trinajstić information content (AvgIpc) is 3.13. The highest BCUT2D eigenvalue weighted by molar-refractivity contribution is 6.42. The van der Waals surface area contributed by atoms with E-state index in [-0.39, 0.29) is 12.0 Å². The van der Waals surface area contributed by atoms with Crippen LogP contribution in [0.5, 0.6) is 0 Å². The molecular weight excluding hydrogens is 405 g/mol. The minimum Gasteiger partial charge on any atom is -0.431 e. The molecule has 0 aliphatic carbocycles. The van der Waals surface area contributed by atoms with Gasteiger partial charge < -0.3 is 19.2 Å². The molecule has 0 bridgehead atoms. The number of hydrogen-bond acceptors (Lipinski definition) is 7. The van der Waals surface area contributed by atoms with Crippen molar-refractivity contribution in [3.8, 4) is 0 Å². The van der Waals surface area contributed by atoms with E-state index in [1.165, 1.54) is 6.39 Å². The maximum Gasteiger partial charge on any atom is 0.513 e. The van der Waals surface area contributed by atoms with Crippen LogP contribution in [0.15, 0.2) is 46.2 Å². The van der Waals surface area contributed by atoms with Gasteiger partial charge in [-0.3, -0.25) is 0 Å². The number of rotatable bonds is 4. The van der Waals surface area contributed by atoms with Crippen LogP contribution in [0.2, 0.25) is 10.0 Å². The molecule has 148 valence electrons. The lowest BCUT2D eigenvalue weighted by Gasteiger charge is -2.30. The van der Waals surface area contributed by atoms with Crippen molar-refractivity contribution in [3.05, 3.63) is 63.2 Å². The number of halogens is 2. The summed E-state index contributed by atoms with van der Waals surface area (Å²) in [6, 6.07) is 5.26. The fourth-order valence-corrected chi connectivity index (χ4v) is 3.45. The monoisotopic (exact) mass is 423 g/mol. The van der Waals surface area contributed by atoms with Crippen LogP contribution in [-0.2, 0) is 9.47 Å². The number of hydrogen-bond donors (Lipinski definition) is 1. The molecule has 2 heterocycles. The molecule has 28 heavy (non-hydrogen) atoms. The third-order valence-electron chi connectivity index (χ3n) is 4.11. The molecule has 1 aromatic heterocycles. The summed E-state index contributed by atoms with van der Waals surface area (Å²) in [4.78, 5) is 12.2. The van der Waals surface area contributed by atoms with Gasteiger partial charge >= 0.3 is 6.16 Å². The average molecular weight is 424 g/mol. The largest absolute Gasteiger partial charge is 0.513 e. The fraction of sp³-hybridized carbons (Fsp3) is 0.316. The quantitative estimate of drug-likeness (QED) is 0.668. The van der Waals surface area contributed by atoms with E-state index in [9.17, 15) is 4.79 Å². The molecule has 0 fully saturated rings. The number of nitrogens with one attached hydrogen (secondary N) is 1. The molecule has 1 aliphatic heterocycles. The maximum atomic E-state index is 12.2. The van der Waals surface area contributed by atoms with Gasteiger partial charge in [0.15, 0.2) is 0 Å². The molecule has 1 unspecified atom stereocenters. The SMILES string of the molecule is CC1=C(OC(=O)OC(C)C)C(c2cccc(Cl)c2Cl)C(c2nnco2)=C(C)N1. The van der Waals surface area contributed by atoms with Crippen molar-refractivity contribution in [2.45, 2.75) is 39.7 Å². The van der Waals surface area contributed by atoms with Gasteiger partial charge in [0, 0.05) is 5.70 Å². The fourth-order valence-electron chi connectivity index (χ4n) is 3.03. The molecule has 1 aliphatic rings. The number of dihydropyridines is 1. The van der Waals surface area contributed by atoms with E-state index in [0.717, 1.165) is 5.70 Å². The van der Waals surface area contributed by atoms with Crippen molar-refractivity contribution in [2.75, 3.05) is 0 Å². The van der Waals surface area contributed by atoms with E-state index in [0.29, 0.717) is 32.6 Å². The van der Waals surface area contributed by atoms with Crippen molar-refractivity contribution in [1.29, 1.82) is 0 Å². The molecular formula is C19H19Cl2N3O4. The van der Waals surface area contributed by atoms with Crippen molar-refractivity contribution < 1.29 is 18.7 Å². The lowest BCUT2D eigenvalue weighted by molar-refractivity contribution is 0.0504. The first-order valence-electron chi connectivity index (χ1n) is 8.57. The summed E-state index contributed by atoms with van der Waals surface area (Å²) in [6.07, 6.45) is 0.0786. The van der Waals surface area contributed by atoms with E-state index in [1.807, 2.05) is 6.92 Å². The summed E-state index contributed by atoms with van der Waals surface area (Å²) in [6.45, 7) is 7.12. The Morgan fingerprint density at radius 2 is 2.00 bits per heavy atom. The standard InChI is InChI=1S/C19H19Cl2N3O4/c1-9(2)27-19(25)28-17-11(4)23-10(3)14(18-24-22-8-26-18)15(17)12-6-5-7-13(20)16(12)21/h5-9,15,23H,1-4H3. The molecule has 1 aromatic carbocycles. The predicted octanol–water partition coefficient (Wildman–Crippen LogP) is 5.29. The zero-order valence-corrected chi connectivity index (χ0v) is 17.3. The van der Waals surface area contributed by atoms with Crippen LogP contribution in [0, 0.1) is 0 Å². The minimum absolute atomic E-state index is 0.275. The lowest BCUT2D eigenvalue weighted by Crippen LogP contribution is -2.27. The highest BCUT2D eigenvalue weighted by atomic mass is 35.5. The zero-order chi connectivity index (χ0) is 20.4. The van der Waals surface area contributed by atoms with Crippen molar-refractivity contribution in [2.24, 2.45) is 0 Å². The van der Waals surface area contributed by atoms with Crippen molar-refractivity contribution in [3.63, 3.8) is 0 Å².